The lowest BCUT2D eigenvalue weighted by atomic mass is 9.87. The molecule has 32 heavy (non-hydrogen) atoms. The first-order chi connectivity index (χ1) is 15.4. The first-order valence-electron chi connectivity index (χ1n) is 14.0. The molecule has 0 spiro atoms. The number of rotatable bonds is 22. The fourth-order valence-corrected chi connectivity index (χ4v) is 4.06. The van der Waals surface area contributed by atoms with Crippen molar-refractivity contribution in [3.05, 3.63) is 49.1 Å². The summed E-state index contributed by atoms with van der Waals surface area (Å²) in [5.41, 5.74) is 4.15. The topological polar surface area (TPSA) is 0 Å². The minimum absolute atomic E-state index is 0.800. The van der Waals surface area contributed by atoms with Crippen molar-refractivity contribution in [3.8, 4) is 0 Å². The van der Waals surface area contributed by atoms with E-state index in [1.54, 1.807) is 0 Å². The van der Waals surface area contributed by atoms with Crippen LogP contribution in [0.5, 0.6) is 0 Å². The SMILES string of the molecule is C=C(C)CCC(=C)CC(CCC)CCC(=C)CCCCCCC.C=CCCCCCCC. The van der Waals surface area contributed by atoms with Crippen LogP contribution in [-0.4, -0.2) is 0 Å². The van der Waals surface area contributed by atoms with E-state index in [9.17, 15) is 0 Å². The van der Waals surface area contributed by atoms with Gasteiger partial charge in [0.05, 0.1) is 0 Å². The summed E-state index contributed by atoms with van der Waals surface area (Å²) < 4.78 is 0. The lowest BCUT2D eigenvalue weighted by molar-refractivity contribution is 0.434. The summed E-state index contributed by atoms with van der Waals surface area (Å²) in [7, 11) is 0. The minimum atomic E-state index is 0.800. The van der Waals surface area contributed by atoms with Crippen molar-refractivity contribution < 1.29 is 0 Å². The van der Waals surface area contributed by atoms with Crippen LogP contribution in [-0.2, 0) is 0 Å². The van der Waals surface area contributed by atoms with E-state index < -0.39 is 0 Å². The van der Waals surface area contributed by atoms with Crippen molar-refractivity contribution in [2.45, 2.75) is 150 Å². The van der Waals surface area contributed by atoms with Gasteiger partial charge in [0.1, 0.15) is 0 Å². The van der Waals surface area contributed by atoms with Gasteiger partial charge in [0, 0.05) is 0 Å². The van der Waals surface area contributed by atoms with Gasteiger partial charge in [0.25, 0.3) is 0 Å². The smallest absolute Gasteiger partial charge is 0.0286 e. The van der Waals surface area contributed by atoms with Gasteiger partial charge < -0.3 is 0 Å². The molecule has 0 fully saturated rings. The fourth-order valence-electron chi connectivity index (χ4n) is 4.06. The molecule has 0 amide bonds. The summed E-state index contributed by atoms with van der Waals surface area (Å²) in [5, 5.41) is 0. The van der Waals surface area contributed by atoms with Crippen LogP contribution in [0.1, 0.15) is 150 Å². The Balaban J connectivity index is 0. The molecule has 0 N–H and O–H groups in total. The molecule has 0 bridgehead atoms. The molecule has 0 aliphatic carbocycles. The van der Waals surface area contributed by atoms with E-state index in [0.717, 1.165) is 18.8 Å². The second-order valence-electron chi connectivity index (χ2n) is 10.0. The fraction of sp³-hybridized carbons (Fsp3) is 0.750. The second kappa shape index (κ2) is 26.2. The maximum atomic E-state index is 4.31. The number of hydrogen-bond donors (Lipinski definition) is 0. The normalized spacial score (nSPS) is 11.4. The molecule has 0 saturated carbocycles. The third-order valence-corrected chi connectivity index (χ3v) is 6.23. The number of allylic oxidation sites excluding steroid dienone is 4. The maximum Gasteiger partial charge on any atom is -0.0286 e. The Hall–Kier alpha value is -1.04. The zero-order valence-corrected chi connectivity index (χ0v) is 22.9. The zero-order chi connectivity index (χ0) is 24.5. The van der Waals surface area contributed by atoms with Gasteiger partial charge in [0.2, 0.25) is 0 Å². The Morgan fingerprint density at radius 3 is 1.75 bits per heavy atom. The van der Waals surface area contributed by atoms with Crippen LogP contribution < -0.4 is 0 Å². The molecule has 0 aromatic rings. The van der Waals surface area contributed by atoms with Crippen LogP contribution in [0.2, 0.25) is 0 Å². The average Bonchev–Trinajstić information content (AvgIpc) is 2.76. The highest BCUT2D eigenvalue weighted by molar-refractivity contribution is 5.02. The van der Waals surface area contributed by atoms with E-state index in [1.165, 1.54) is 126 Å². The van der Waals surface area contributed by atoms with Crippen LogP contribution in [0, 0.1) is 5.92 Å². The molecule has 0 radical (unpaired) electrons. The van der Waals surface area contributed by atoms with Crippen molar-refractivity contribution in [1.29, 1.82) is 0 Å². The summed E-state index contributed by atoms with van der Waals surface area (Å²) in [5.74, 6) is 0.800. The van der Waals surface area contributed by atoms with Gasteiger partial charge in [-0.3, -0.25) is 0 Å². The Bertz CT molecular complexity index is 453. The third-order valence-electron chi connectivity index (χ3n) is 6.23. The lowest BCUT2D eigenvalue weighted by Crippen LogP contribution is -2.03. The first kappa shape index (κ1) is 33.1. The Labute approximate surface area is 204 Å². The van der Waals surface area contributed by atoms with E-state index in [1.807, 2.05) is 6.08 Å². The van der Waals surface area contributed by atoms with Crippen LogP contribution in [0.15, 0.2) is 49.1 Å². The molecule has 0 aromatic carbocycles. The molecule has 0 aliphatic rings. The summed E-state index contributed by atoms with van der Waals surface area (Å²) >= 11 is 0. The quantitative estimate of drug-likeness (QED) is 0.115. The molecule has 0 heteroatoms. The lowest BCUT2D eigenvalue weighted by Gasteiger charge is -2.18. The van der Waals surface area contributed by atoms with Gasteiger partial charge in [-0.2, -0.15) is 0 Å². The average molecular weight is 445 g/mol. The molecule has 0 aromatic heterocycles. The Morgan fingerprint density at radius 1 is 0.625 bits per heavy atom. The number of unbranched alkanes of at least 4 members (excludes halogenated alkanes) is 9. The molecule has 0 heterocycles. The van der Waals surface area contributed by atoms with Crippen LogP contribution in [0.3, 0.4) is 0 Å². The van der Waals surface area contributed by atoms with Gasteiger partial charge in [0.15, 0.2) is 0 Å². The predicted molar refractivity (Wildman–Crippen MR) is 152 cm³/mol. The van der Waals surface area contributed by atoms with E-state index in [-0.39, 0.29) is 0 Å². The molecule has 0 rings (SSSR count). The van der Waals surface area contributed by atoms with Crippen LogP contribution >= 0.6 is 0 Å². The highest BCUT2D eigenvalue weighted by Gasteiger charge is 2.10. The number of hydrogen-bond acceptors (Lipinski definition) is 0. The Kier molecular flexibility index (Phi) is 27.1. The van der Waals surface area contributed by atoms with E-state index in [2.05, 4.69) is 54.0 Å². The second-order valence-corrected chi connectivity index (χ2v) is 10.0. The minimum Gasteiger partial charge on any atom is -0.103 e. The zero-order valence-electron chi connectivity index (χ0n) is 22.9. The van der Waals surface area contributed by atoms with Gasteiger partial charge in [-0.15, -0.1) is 13.2 Å². The molecular formula is C32H60. The summed E-state index contributed by atoms with van der Waals surface area (Å²) in [6.45, 7) is 25.2. The van der Waals surface area contributed by atoms with Crippen molar-refractivity contribution >= 4 is 0 Å². The van der Waals surface area contributed by atoms with Gasteiger partial charge >= 0.3 is 0 Å². The summed E-state index contributed by atoms with van der Waals surface area (Å²) in [4.78, 5) is 0. The molecule has 1 atom stereocenters. The first-order valence-corrected chi connectivity index (χ1v) is 14.0. The van der Waals surface area contributed by atoms with Gasteiger partial charge in [-0.25, -0.2) is 0 Å². The summed E-state index contributed by atoms with van der Waals surface area (Å²) in [6, 6.07) is 0. The Morgan fingerprint density at radius 2 is 1.22 bits per heavy atom. The predicted octanol–water partition coefficient (Wildman–Crippen LogP) is 11.9. The van der Waals surface area contributed by atoms with Gasteiger partial charge in [-0.05, 0) is 70.6 Å². The van der Waals surface area contributed by atoms with Crippen molar-refractivity contribution in [2.24, 2.45) is 5.92 Å². The van der Waals surface area contributed by atoms with Crippen molar-refractivity contribution in [1.82, 2.24) is 0 Å². The third kappa shape index (κ3) is 27.0. The van der Waals surface area contributed by atoms with E-state index >= 15 is 0 Å². The molecule has 0 nitrogen and oxygen atoms in total. The van der Waals surface area contributed by atoms with Gasteiger partial charge in [-0.1, -0.05) is 121 Å². The molecule has 0 aliphatic heterocycles. The monoisotopic (exact) mass is 444 g/mol. The van der Waals surface area contributed by atoms with E-state index in [0.29, 0.717) is 0 Å². The van der Waals surface area contributed by atoms with Crippen molar-refractivity contribution in [3.63, 3.8) is 0 Å². The summed E-state index contributed by atoms with van der Waals surface area (Å²) in [6.07, 6.45) is 26.7. The molecular weight excluding hydrogens is 384 g/mol. The standard InChI is InChI=1S/C23H42.C9H18/c1-7-9-10-11-12-14-21(5)17-18-23(13-8-2)19-22(6)16-15-20(3)4;1-3-5-7-9-8-6-4-2/h23H,3,5-19H2,1-2,4H3;3H,1,4-9H2,2H3. The van der Waals surface area contributed by atoms with Crippen LogP contribution in [0.4, 0.5) is 0 Å². The van der Waals surface area contributed by atoms with E-state index in [4.69, 9.17) is 0 Å². The molecule has 1 unspecified atom stereocenters. The largest absolute Gasteiger partial charge is 0.103 e. The molecule has 188 valence electrons. The molecule has 0 saturated heterocycles. The van der Waals surface area contributed by atoms with Crippen LogP contribution in [0.25, 0.3) is 0 Å². The highest BCUT2D eigenvalue weighted by Crippen LogP contribution is 2.27. The highest BCUT2D eigenvalue weighted by atomic mass is 14.2. The maximum absolute atomic E-state index is 4.31. The van der Waals surface area contributed by atoms with Crippen molar-refractivity contribution in [2.75, 3.05) is 0 Å².